The van der Waals surface area contributed by atoms with Crippen molar-refractivity contribution in [3.8, 4) is 18.2 Å². The minimum absolute atomic E-state index is 0.0401. The number of nitrogens with two attached hydrogens (primary N) is 1. The van der Waals surface area contributed by atoms with Crippen molar-refractivity contribution < 1.29 is 18.0 Å². The average molecular weight is 411 g/mol. The van der Waals surface area contributed by atoms with Crippen molar-refractivity contribution in [3.63, 3.8) is 0 Å². The van der Waals surface area contributed by atoms with E-state index in [9.17, 15) is 33.8 Å². The Bertz CT molecular complexity index is 1080. The molecule has 0 aromatic heterocycles. The standard InChI is InChI=1S/C21H16F3N5O/c1-12(30)29-7-6-13-15(8-25)19(28)20(10-26,11-27)18(16(13)9-29)14-4-2-3-5-17(14)21(22,23)24/h2-6,16,18H,7,9,28H2,1H3/t16-,18+/m0/s1. The summed E-state index contributed by atoms with van der Waals surface area (Å²) in [6.45, 7) is 1.43. The quantitative estimate of drug-likeness (QED) is 0.762. The van der Waals surface area contributed by atoms with Crippen LogP contribution >= 0.6 is 0 Å². The predicted molar refractivity (Wildman–Crippen MR) is 98.5 cm³/mol. The van der Waals surface area contributed by atoms with E-state index >= 15 is 0 Å². The molecule has 3 rings (SSSR count). The number of carbonyl (C=O) groups excluding carboxylic acids is 1. The van der Waals surface area contributed by atoms with Gasteiger partial charge in [0.1, 0.15) is 6.07 Å². The van der Waals surface area contributed by atoms with Crippen LogP contribution in [-0.2, 0) is 11.0 Å². The highest BCUT2D eigenvalue weighted by molar-refractivity contribution is 5.74. The van der Waals surface area contributed by atoms with Gasteiger partial charge >= 0.3 is 6.18 Å². The molecule has 30 heavy (non-hydrogen) atoms. The van der Waals surface area contributed by atoms with E-state index in [0.717, 1.165) is 6.07 Å². The summed E-state index contributed by atoms with van der Waals surface area (Å²) in [6.07, 6.45) is -3.18. The Morgan fingerprint density at radius 3 is 2.40 bits per heavy atom. The van der Waals surface area contributed by atoms with E-state index in [1.165, 1.54) is 30.0 Å². The summed E-state index contributed by atoms with van der Waals surface area (Å²) in [7, 11) is 0. The summed E-state index contributed by atoms with van der Waals surface area (Å²) in [5.41, 5.74) is 2.53. The number of carbonyl (C=O) groups is 1. The molecule has 2 N–H and O–H groups in total. The van der Waals surface area contributed by atoms with Gasteiger partial charge in [0.15, 0.2) is 5.41 Å². The van der Waals surface area contributed by atoms with E-state index in [0.29, 0.717) is 5.57 Å². The summed E-state index contributed by atoms with van der Waals surface area (Å²) in [4.78, 5) is 13.3. The van der Waals surface area contributed by atoms with Crippen molar-refractivity contribution in [1.82, 2.24) is 4.90 Å². The number of halogens is 3. The van der Waals surface area contributed by atoms with Crippen molar-refractivity contribution in [2.75, 3.05) is 13.1 Å². The molecule has 1 aromatic carbocycles. The first-order valence-electron chi connectivity index (χ1n) is 8.97. The summed E-state index contributed by atoms with van der Waals surface area (Å²) >= 11 is 0. The lowest BCUT2D eigenvalue weighted by atomic mass is 9.57. The van der Waals surface area contributed by atoms with Gasteiger partial charge in [0.05, 0.1) is 29.0 Å². The Hall–Kier alpha value is -3.77. The molecule has 0 unspecified atom stereocenters. The molecule has 0 saturated carbocycles. The first-order chi connectivity index (χ1) is 14.1. The molecule has 152 valence electrons. The van der Waals surface area contributed by atoms with Gasteiger partial charge < -0.3 is 10.6 Å². The zero-order valence-electron chi connectivity index (χ0n) is 15.9. The van der Waals surface area contributed by atoms with Gasteiger partial charge in [-0.25, -0.2) is 0 Å². The van der Waals surface area contributed by atoms with Gasteiger partial charge in [-0.1, -0.05) is 24.3 Å². The molecule has 2 aliphatic rings. The smallest absolute Gasteiger partial charge is 0.399 e. The second-order valence-electron chi connectivity index (χ2n) is 7.18. The molecule has 6 nitrogen and oxygen atoms in total. The lowest BCUT2D eigenvalue weighted by Gasteiger charge is -2.46. The minimum Gasteiger partial charge on any atom is -0.399 e. The second-order valence-corrected chi connectivity index (χ2v) is 7.18. The molecule has 1 heterocycles. The molecule has 9 heteroatoms. The molecule has 0 bridgehead atoms. The molecule has 0 spiro atoms. The van der Waals surface area contributed by atoms with Crippen LogP contribution in [-0.4, -0.2) is 23.9 Å². The Balaban J connectivity index is 2.39. The molecule has 0 radical (unpaired) electrons. The van der Waals surface area contributed by atoms with Gasteiger partial charge in [-0.3, -0.25) is 4.79 Å². The number of amides is 1. The van der Waals surface area contributed by atoms with Crippen molar-refractivity contribution in [2.24, 2.45) is 17.1 Å². The Morgan fingerprint density at radius 2 is 1.87 bits per heavy atom. The van der Waals surface area contributed by atoms with E-state index in [4.69, 9.17) is 5.73 Å². The molecule has 1 aromatic rings. The summed E-state index contributed by atoms with van der Waals surface area (Å²) in [5.74, 6) is -2.52. The Kier molecular flexibility index (Phi) is 5.06. The van der Waals surface area contributed by atoms with E-state index in [1.54, 1.807) is 18.2 Å². The largest absolute Gasteiger partial charge is 0.416 e. The fourth-order valence-electron chi connectivity index (χ4n) is 4.31. The lowest BCUT2D eigenvalue weighted by Crippen LogP contribution is -2.49. The van der Waals surface area contributed by atoms with Crippen LogP contribution < -0.4 is 5.73 Å². The van der Waals surface area contributed by atoms with Gasteiger partial charge in [0.2, 0.25) is 5.91 Å². The molecule has 1 aliphatic heterocycles. The average Bonchev–Trinajstić information content (AvgIpc) is 2.72. The Labute approximate surface area is 170 Å². The van der Waals surface area contributed by atoms with Crippen LogP contribution in [0.3, 0.4) is 0 Å². The number of alkyl halides is 3. The number of rotatable bonds is 1. The van der Waals surface area contributed by atoms with Crippen LogP contribution in [0.15, 0.2) is 47.2 Å². The molecule has 1 amide bonds. The maximum atomic E-state index is 13.8. The van der Waals surface area contributed by atoms with E-state index in [-0.39, 0.29) is 35.8 Å². The molecular weight excluding hydrogens is 395 g/mol. The van der Waals surface area contributed by atoms with E-state index < -0.39 is 29.0 Å². The normalized spacial score (nSPS) is 22.8. The van der Waals surface area contributed by atoms with Crippen LogP contribution in [0.5, 0.6) is 0 Å². The first-order valence-corrected chi connectivity index (χ1v) is 8.97. The number of hydrogen-bond acceptors (Lipinski definition) is 5. The predicted octanol–water partition coefficient (Wildman–Crippen LogP) is 2.98. The molecule has 0 saturated heterocycles. The van der Waals surface area contributed by atoms with Gasteiger partial charge in [-0.15, -0.1) is 0 Å². The highest BCUT2D eigenvalue weighted by atomic mass is 19.4. The molecule has 2 atom stereocenters. The summed E-state index contributed by atoms with van der Waals surface area (Å²) < 4.78 is 41.4. The third-order valence-corrected chi connectivity index (χ3v) is 5.71. The van der Waals surface area contributed by atoms with Gasteiger partial charge in [0, 0.05) is 31.8 Å². The van der Waals surface area contributed by atoms with Gasteiger partial charge in [0.25, 0.3) is 0 Å². The maximum Gasteiger partial charge on any atom is 0.416 e. The SMILES string of the molecule is CC(=O)N1CC=C2C(C#N)=C(N)C(C#N)(C#N)[C@H](c3ccccc3C(F)(F)F)[C@H]2C1. The van der Waals surface area contributed by atoms with E-state index in [2.05, 4.69) is 0 Å². The van der Waals surface area contributed by atoms with Crippen LogP contribution in [0.25, 0.3) is 0 Å². The first kappa shape index (κ1) is 21.0. The number of benzene rings is 1. The van der Waals surface area contributed by atoms with Crippen LogP contribution in [0.2, 0.25) is 0 Å². The summed E-state index contributed by atoms with van der Waals surface area (Å²) in [6, 6.07) is 10.2. The minimum atomic E-state index is -4.74. The van der Waals surface area contributed by atoms with Crippen molar-refractivity contribution in [1.29, 1.82) is 15.8 Å². The highest BCUT2D eigenvalue weighted by Gasteiger charge is 2.56. The number of allylic oxidation sites excluding steroid dienone is 2. The topological polar surface area (TPSA) is 118 Å². The molecule has 1 aliphatic carbocycles. The maximum absolute atomic E-state index is 13.8. The van der Waals surface area contributed by atoms with Crippen molar-refractivity contribution in [2.45, 2.75) is 19.0 Å². The zero-order valence-corrected chi connectivity index (χ0v) is 15.9. The lowest BCUT2D eigenvalue weighted by molar-refractivity contribution is -0.139. The number of hydrogen-bond donors (Lipinski definition) is 1. The fourth-order valence-corrected chi connectivity index (χ4v) is 4.31. The summed E-state index contributed by atoms with van der Waals surface area (Å²) in [5, 5.41) is 29.5. The molecular formula is C21H16F3N5O. The Morgan fingerprint density at radius 1 is 1.23 bits per heavy atom. The highest BCUT2D eigenvalue weighted by Crippen LogP contribution is 2.55. The second kappa shape index (κ2) is 7.24. The third-order valence-electron chi connectivity index (χ3n) is 5.71. The van der Waals surface area contributed by atoms with E-state index in [1.807, 2.05) is 6.07 Å². The number of fused-ring (bicyclic) bond motifs is 1. The van der Waals surface area contributed by atoms with Crippen LogP contribution in [0.1, 0.15) is 24.0 Å². The number of nitrogens with zero attached hydrogens (tertiary/aromatic N) is 4. The van der Waals surface area contributed by atoms with Crippen LogP contribution in [0.4, 0.5) is 13.2 Å². The van der Waals surface area contributed by atoms with Crippen LogP contribution in [0, 0.1) is 45.3 Å². The third kappa shape index (κ3) is 2.98. The zero-order chi connectivity index (χ0) is 22.3. The molecule has 0 fully saturated rings. The monoisotopic (exact) mass is 411 g/mol. The van der Waals surface area contributed by atoms with Gasteiger partial charge in [-0.2, -0.15) is 29.0 Å². The fraction of sp³-hybridized carbons (Fsp3) is 0.333. The van der Waals surface area contributed by atoms with Crippen molar-refractivity contribution in [3.05, 3.63) is 58.3 Å². The van der Waals surface area contributed by atoms with Gasteiger partial charge in [-0.05, 0) is 17.2 Å². The van der Waals surface area contributed by atoms with Crippen molar-refractivity contribution >= 4 is 5.91 Å². The number of nitriles is 3.